The van der Waals surface area contributed by atoms with E-state index < -0.39 is 11.9 Å². The molecule has 1 fully saturated rings. The van der Waals surface area contributed by atoms with Crippen molar-refractivity contribution >= 4 is 29.2 Å². The van der Waals surface area contributed by atoms with E-state index in [0.717, 1.165) is 18.9 Å². The van der Waals surface area contributed by atoms with Gasteiger partial charge in [-0.3, -0.25) is 14.5 Å². The fourth-order valence-corrected chi connectivity index (χ4v) is 2.96. The summed E-state index contributed by atoms with van der Waals surface area (Å²) in [4.78, 5) is 26.2. The van der Waals surface area contributed by atoms with Crippen molar-refractivity contribution in [2.75, 3.05) is 25.0 Å². The minimum atomic E-state index is -0.578. The SMILES string of the molecule is CCOC(=O)[C@H]1CCCN([C@@H](C)C(=O)Nc2ccc(Cl)cc2F)C1. The molecule has 0 spiro atoms. The number of ether oxygens (including phenoxy) is 1. The van der Waals surface area contributed by atoms with E-state index in [9.17, 15) is 14.0 Å². The average Bonchev–Trinajstić information content (AvgIpc) is 2.57. The summed E-state index contributed by atoms with van der Waals surface area (Å²) in [7, 11) is 0. The van der Waals surface area contributed by atoms with E-state index in [-0.39, 0.29) is 28.5 Å². The van der Waals surface area contributed by atoms with Crippen molar-refractivity contribution in [2.24, 2.45) is 5.92 Å². The smallest absolute Gasteiger partial charge is 0.310 e. The molecule has 1 N–H and O–H groups in total. The first-order valence-corrected chi connectivity index (χ1v) is 8.46. The minimum absolute atomic E-state index is 0.0928. The highest BCUT2D eigenvalue weighted by atomic mass is 35.5. The number of hydrogen-bond acceptors (Lipinski definition) is 4. The predicted octanol–water partition coefficient (Wildman–Crippen LogP) is 3.08. The molecular formula is C17H22ClFN2O3. The number of esters is 1. The topological polar surface area (TPSA) is 58.6 Å². The summed E-state index contributed by atoms with van der Waals surface area (Å²) in [6.07, 6.45) is 1.58. The third-order valence-electron chi connectivity index (χ3n) is 4.19. The second-order valence-electron chi connectivity index (χ2n) is 5.88. The number of hydrogen-bond donors (Lipinski definition) is 1. The molecule has 5 nitrogen and oxygen atoms in total. The van der Waals surface area contributed by atoms with Gasteiger partial charge in [-0.1, -0.05) is 11.6 Å². The Bertz CT molecular complexity index is 611. The number of amides is 1. The Labute approximate surface area is 146 Å². The molecule has 0 radical (unpaired) electrons. The van der Waals surface area contributed by atoms with Crippen LogP contribution in [-0.2, 0) is 14.3 Å². The van der Waals surface area contributed by atoms with Crippen LogP contribution in [0.2, 0.25) is 5.02 Å². The van der Waals surface area contributed by atoms with Gasteiger partial charge in [-0.2, -0.15) is 0 Å². The fourth-order valence-electron chi connectivity index (χ4n) is 2.80. The molecule has 1 heterocycles. The van der Waals surface area contributed by atoms with Gasteiger partial charge in [0, 0.05) is 11.6 Å². The predicted molar refractivity (Wildman–Crippen MR) is 90.4 cm³/mol. The van der Waals surface area contributed by atoms with Crippen LogP contribution < -0.4 is 5.32 Å². The van der Waals surface area contributed by atoms with E-state index in [1.165, 1.54) is 12.1 Å². The van der Waals surface area contributed by atoms with Crippen molar-refractivity contribution in [1.82, 2.24) is 4.90 Å². The molecule has 0 saturated carbocycles. The Balaban J connectivity index is 1.98. The van der Waals surface area contributed by atoms with Gasteiger partial charge in [0.05, 0.1) is 24.3 Å². The van der Waals surface area contributed by atoms with Crippen molar-refractivity contribution < 1.29 is 18.7 Å². The summed E-state index contributed by atoms with van der Waals surface area (Å²) in [6, 6.07) is 3.62. The molecule has 2 atom stereocenters. The zero-order chi connectivity index (χ0) is 17.7. The highest BCUT2D eigenvalue weighted by molar-refractivity contribution is 6.30. The van der Waals surface area contributed by atoms with E-state index in [0.29, 0.717) is 19.7 Å². The number of nitrogens with zero attached hydrogens (tertiary/aromatic N) is 1. The van der Waals surface area contributed by atoms with E-state index in [1.807, 2.05) is 4.90 Å². The van der Waals surface area contributed by atoms with E-state index in [1.54, 1.807) is 13.8 Å². The van der Waals surface area contributed by atoms with Crippen LogP contribution in [0, 0.1) is 11.7 Å². The molecule has 1 saturated heterocycles. The molecule has 0 bridgehead atoms. The van der Waals surface area contributed by atoms with E-state index in [4.69, 9.17) is 16.3 Å². The van der Waals surface area contributed by atoms with Crippen molar-refractivity contribution in [2.45, 2.75) is 32.7 Å². The summed E-state index contributed by atoms with van der Waals surface area (Å²) in [6.45, 7) is 5.05. The zero-order valence-corrected chi connectivity index (χ0v) is 14.6. The second kappa shape index (κ2) is 8.44. The fraction of sp³-hybridized carbons (Fsp3) is 0.529. The lowest BCUT2D eigenvalue weighted by Gasteiger charge is -2.35. The molecule has 7 heteroatoms. The summed E-state index contributed by atoms with van der Waals surface area (Å²) >= 11 is 5.70. The monoisotopic (exact) mass is 356 g/mol. The van der Waals surface area contributed by atoms with E-state index >= 15 is 0 Å². The molecule has 0 aromatic heterocycles. The van der Waals surface area contributed by atoms with E-state index in [2.05, 4.69) is 5.32 Å². The quantitative estimate of drug-likeness (QED) is 0.824. The van der Waals surface area contributed by atoms with Crippen LogP contribution in [-0.4, -0.2) is 42.5 Å². The van der Waals surface area contributed by atoms with Crippen LogP contribution in [0.5, 0.6) is 0 Å². The molecule has 1 amide bonds. The second-order valence-corrected chi connectivity index (χ2v) is 6.31. The van der Waals surface area contributed by atoms with Gasteiger partial charge in [-0.05, 0) is 51.4 Å². The number of rotatable bonds is 5. The van der Waals surface area contributed by atoms with Gasteiger partial charge in [0.1, 0.15) is 5.82 Å². The van der Waals surface area contributed by atoms with Crippen molar-refractivity contribution in [3.63, 3.8) is 0 Å². The third kappa shape index (κ3) is 4.68. The first-order valence-electron chi connectivity index (χ1n) is 8.09. The lowest BCUT2D eigenvalue weighted by molar-refractivity contribution is -0.150. The number of piperidine rings is 1. The Morgan fingerprint density at radius 1 is 1.50 bits per heavy atom. The average molecular weight is 357 g/mol. The maximum absolute atomic E-state index is 13.8. The number of likely N-dealkylation sites (tertiary alicyclic amines) is 1. The lowest BCUT2D eigenvalue weighted by Crippen LogP contribution is -2.48. The number of benzene rings is 1. The lowest BCUT2D eigenvalue weighted by atomic mass is 9.97. The summed E-state index contributed by atoms with van der Waals surface area (Å²) in [5.74, 6) is -1.34. The first kappa shape index (κ1) is 18.7. The van der Waals surface area contributed by atoms with Gasteiger partial charge in [-0.25, -0.2) is 4.39 Å². The number of anilines is 1. The maximum Gasteiger partial charge on any atom is 0.310 e. The molecule has 2 rings (SSSR count). The molecular weight excluding hydrogens is 335 g/mol. The first-order chi connectivity index (χ1) is 11.4. The van der Waals surface area contributed by atoms with Gasteiger partial charge >= 0.3 is 5.97 Å². The van der Waals surface area contributed by atoms with Crippen molar-refractivity contribution in [3.8, 4) is 0 Å². The van der Waals surface area contributed by atoms with Gasteiger partial charge in [0.25, 0.3) is 0 Å². The number of halogens is 2. The van der Waals surface area contributed by atoms with Crippen molar-refractivity contribution in [3.05, 3.63) is 29.0 Å². The molecule has 1 aromatic rings. The molecule has 1 aromatic carbocycles. The van der Waals surface area contributed by atoms with Gasteiger partial charge in [0.15, 0.2) is 0 Å². The molecule has 1 aliphatic rings. The molecule has 24 heavy (non-hydrogen) atoms. The Hall–Kier alpha value is -1.66. The van der Waals surface area contributed by atoms with Crippen LogP contribution in [0.25, 0.3) is 0 Å². The van der Waals surface area contributed by atoms with Crippen LogP contribution in [0.4, 0.5) is 10.1 Å². The standard InChI is InChI=1S/C17H22ClFN2O3/c1-3-24-17(23)12-5-4-8-21(10-12)11(2)16(22)20-15-7-6-13(18)9-14(15)19/h6-7,9,11-12H,3-5,8,10H2,1-2H3,(H,20,22)/t11-,12-/m0/s1. The summed E-state index contributed by atoms with van der Waals surface area (Å²) < 4.78 is 18.9. The Morgan fingerprint density at radius 2 is 2.25 bits per heavy atom. The summed E-state index contributed by atoms with van der Waals surface area (Å²) in [5, 5.41) is 2.84. The van der Waals surface area contributed by atoms with Crippen LogP contribution >= 0.6 is 11.6 Å². The molecule has 132 valence electrons. The number of carbonyl (C=O) groups excluding carboxylic acids is 2. The normalized spacial score (nSPS) is 19.6. The van der Waals surface area contributed by atoms with Crippen LogP contribution in [0.15, 0.2) is 18.2 Å². The minimum Gasteiger partial charge on any atom is -0.466 e. The van der Waals surface area contributed by atoms with Gasteiger partial charge < -0.3 is 10.1 Å². The Kier molecular flexibility index (Phi) is 6.57. The molecule has 0 aliphatic carbocycles. The zero-order valence-electron chi connectivity index (χ0n) is 13.9. The largest absolute Gasteiger partial charge is 0.466 e. The summed E-state index contributed by atoms with van der Waals surface area (Å²) in [5.41, 5.74) is 0.0928. The maximum atomic E-state index is 13.8. The highest BCUT2D eigenvalue weighted by Crippen LogP contribution is 2.22. The third-order valence-corrected chi connectivity index (χ3v) is 4.42. The molecule has 0 unspecified atom stereocenters. The van der Waals surface area contributed by atoms with Crippen molar-refractivity contribution in [1.29, 1.82) is 0 Å². The van der Waals surface area contributed by atoms with Gasteiger partial charge in [0.2, 0.25) is 5.91 Å². The highest BCUT2D eigenvalue weighted by Gasteiger charge is 2.31. The number of nitrogens with one attached hydrogen (secondary N) is 1. The van der Waals surface area contributed by atoms with Crippen LogP contribution in [0.3, 0.4) is 0 Å². The Morgan fingerprint density at radius 3 is 2.92 bits per heavy atom. The van der Waals surface area contributed by atoms with Gasteiger partial charge in [-0.15, -0.1) is 0 Å². The van der Waals surface area contributed by atoms with Crippen LogP contribution in [0.1, 0.15) is 26.7 Å². The number of carbonyl (C=O) groups is 2. The molecule has 1 aliphatic heterocycles.